The Morgan fingerprint density at radius 3 is 2.76 bits per heavy atom. The summed E-state index contributed by atoms with van der Waals surface area (Å²) in [6, 6.07) is 4.98. The third kappa shape index (κ3) is 5.39. The first kappa shape index (κ1) is 18.1. The fourth-order valence-corrected chi connectivity index (χ4v) is 2.37. The molecule has 0 saturated carbocycles. The molecule has 0 bridgehead atoms. The van der Waals surface area contributed by atoms with E-state index in [9.17, 15) is 29.3 Å². The maximum absolute atomic E-state index is 11.8. The van der Waals surface area contributed by atoms with Crippen LogP contribution in [0.15, 0.2) is 29.3 Å². The van der Waals surface area contributed by atoms with Crippen LogP contribution in [0, 0.1) is 10.1 Å². The number of aliphatic imine (C=N–C) groups is 1. The first-order valence-electron chi connectivity index (χ1n) is 6.73. The molecule has 130 valence electrons. The molecule has 0 aliphatic carbocycles. The minimum absolute atomic E-state index is 0.00131. The molecule has 11 nitrogen and oxygen atoms in total. The topological polar surface area (TPSA) is 160 Å². The van der Waals surface area contributed by atoms with Crippen LogP contribution in [0.4, 0.5) is 5.69 Å². The van der Waals surface area contributed by atoms with Gasteiger partial charge in [-0.15, -0.1) is 0 Å². The maximum Gasteiger partial charge on any atom is 0.270 e. The zero-order valence-electron chi connectivity index (χ0n) is 12.5. The van der Waals surface area contributed by atoms with Crippen LogP contribution in [0.5, 0.6) is 0 Å². The molecule has 0 fully saturated rings. The SMILES string of the molecule is O=C1CC(=O)NC(SCC(=O)NNC(=O)c2cccc([N+](=O)[O-])c2)=N1. The maximum atomic E-state index is 11.8. The monoisotopic (exact) mass is 365 g/mol. The molecule has 25 heavy (non-hydrogen) atoms. The molecule has 1 aromatic rings. The van der Waals surface area contributed by atoms with E-state index in [-0.39, 0.29) is 28.6 Å². The number of amidine groups is 1. The zero-order valence-corrected chi connectivity index (χ0v) is 13.3. The van der Waals surface area contributed by atoms with Crippen molar-refractivity contribution in [2.24, 2.45) is 4.99 Å². The number of hydrazine groups is 1. The Morgan fingerprint density at radius 2 is 2.08 bits per heavy atom. The molecule has 3 N–H and O–H groups in total. The molecular formula is C13H11N5O6S. The largest absolute Gasteiger partial charge is 0.305 e. The van der Waals surface area contributed by atoms with Gasteiger partial charge in [-0.3, -0.25) is 40.1 Å². The number of nitro benzene ring substituents is 1. The number of carbonyl (C=O) groups is 4. The van der Waals surface area contributed by atoms with E-state index in [1.807, 2.05) is 0 Å². The lowest BCUT2D eigenvalue weighted by Gasteiger charge is -2.11. The average Bonchev–Trinajstić information content (AvgIpc) is 2.57. The lowest BCUT2D eigenvalue weighted by Crippen LogP contribution is -2.43. The highest BCUT2D eigenvalue weighted by Crippen LogP contribution is 2.12. The summed E-state index contributed by atoms with van der Waals surface area (Å²) in [5.41, 5.74) is 3.95. The molecule has 4 amide bonds. The summed E-state index contributed by atoms with van der Waals surface area (Å²) in [7, 11) is 0. The van der Waals surface area contributed by atoms with Crippen molar-refractivity contribution in [2.45, 2.75) is 6.42 Å². The molecule has 1 aromatic carbocycles. The van der Waals surface area contributed by atoms with Gasteiger partial charge in [0.25, 0.3) is 17.5 Å². The molecule has 0 radical (unpaired) electrons. The summed E-state index contributed by atoms with van der Waals surface area (Å²) in [5, 5.41) is 13.0. The highest BCUT2D eigenvalue weighted by atomic mass is 32.2. The van der Waals surface area contributed by atoms with Crippen molar-refractivity contribution >= 4 is 46.2 Å². The van der Waals surface area contributed by atoms with Gasteiger partial charge >= 0.3 is 0 Å². The van der Waals surface area contributed by atoms with E-state index in [2.05, 4.69) is 21.2 Å². The van der Waals surface area contributed by atoms with Crippen LogP contribution in [-0.2, 0) is 14.4 Å². The minimum atomic E-state index is -0.736. The second-order valence-electron chi connectivity index (χ2n) is 4.63. The van der Waals surface area contributed by atoms with Crippen LogP contribution in [0.25, 0.3) is 0 Å². The number of benzene rings is 1. The van der Waals surface area contributed by atoms with Crippen LogP contribution in [0.2, 0.25) is 0 Å². The number of nitro groups is 1. The van der Waals surface area contributed by atoms with Crippen LogP contribution in [0.1, 0.15) is 16.8 Å². The van der Waals surface area contributed by atoms with Crippen LogP contribution < -0.4 is 16.2 Å². The second-order valence-corrected chi connectivity index (χ2v) is 5.60. The molecule has 0 spiro atoms. The van der Waals surface area contributed by atoms with Crippen molar-refractivity contribution in [1.29, 1.82) is 0 Å². The minimum Gasteiger partial charge on any atom is -0.305 e. The van der Waals surface area contributed by atoms with E-state index in [1.165, 1.54) is 18.2 Å². The Bertz CT molecular complexity index is 793. The van der Waals surface area contributed by atoms with Crippen molar-refractivity contribution in [3.63, 3.8) is 0 Å². The summed E-state index contributed by atoms with van der Waals surface area (Å²) in [6.07, 6.45) is -0.338. The lowest BCUT2D eigenvalue weighted by atomic mass is 10.2. The number of hydrogen-bond acceptors (Lipinski definition) is 7. The van der Waals surface area contributed by atoms with E-state index in [0.29, 0.717) is 0 Å². The summed E-state index contributed by atoms with van der Waals surface area (Å²) in [4.78, 5) is 59.3. The van der Waals surface area contributed by atoms with Gasteiger partial charge in [0, 0.05) is 17.7 Å². The van der Waals surface area contributed by atoms with Gasteiger partial charge in [0.1, 0.15) is 6.42 Å². The fourth-order valence-electron chi connectivity index (χ4n) is 1.68. The van der Waals surface area contributed by atoms with E-state index in [0.717, 1.165) is 17.8 Å². The number of nitrogens with zero attached hydrogens (tertiary/aromatic N) is 2. The number of carbonyl (C=O) groups excluding carboxylic acids is 4. The normalized spacial score (nSPS) is 13.5. The predicted molar refractivity (Wildman–Crippen MR) is 86.4 cm³/mol. The standard InChI is InChI=1S/C13H11N5O6S/c19-9-5-10(20)15-13(14-9)25-6-11(21)16-17-12(22)7-2-1-3-8(4-7)18(23)24/h1-4H,5-6H2,(H,16,21)(H,17,22)(H,14,15,19,20). The van der Waals surface area contributed by atoms with Gasteiger partial charge in [-0.05, 0) is 6.07 Å². The van der Waals surface area contributed by atoms with E-state index < -0.39 is 28.6 Å². The van der Waals surface area contributed by atoms with Gasteiger partial charge in [0.05, 0.1) is 10.7 Å². The van der Waals surface area contributed by atoms with Crippen molar-refractivity contribution in [3.8, 4) is 0 Å². The lowest BCUT2D eigenvalue weighted by molar-refractivity contribution is -0.384. The van der Waals surface area contributed by atoms with Crippen LogP contribution in [-0.4, -0.2) is 39.5 Å². The first-order chi connectivity index (χ1) is 11.8. The van der Waals surface area contributed by atoms with Crippen molar-refractivity contribution in [1.82, 2.24) is 16.2 Å². The van der Waals surface area contributed by atoms with Crippen molar-refractivity contribution < 1.29 is 24.1 Å². The number of nitrogens with one attached hydrogen (secondary N) is 3. The fraction of sp³-hybridized carbons (Fsp3) is 0.154. The molecule has 1 aliphatic rings. The van der Waals surface area contributed by atoms with E-state index in [4.69, 9.17) is 0 Å². The molecule has 0 aromatic heterocycles. The Balaban J connectivity index is 1.82. The Hall–Kier alpha value is -3.28. The highest BCUT2D eigenvalue weighted by Gasteiger charge is 2.19. The number of rotatable bonds is 4. The number of amides is 4. The van der Waals surface area contributed by atoms with Crippen molar-refractivity contribution in [3.05, 3.63) is 39.9 Å². The summed E-state index contributed by atoms with van der Waals surface area (Å²) in [5.74, 6) is -2.70. The third-order valence-corrected chi connectivity index (χ3v) is 3.63. The molecular weight excluding hydrogens is 354 g/mol. The molecule has 0 atom stereocenters. The van der Waals surface area contributed by atoms with Gasteiger partial charge < -0.3 is 5.32 Å². The summed E-state index contributed by atoms with van der Waals surface area (Å²) >= 11 is 0.811. The predicted octanol–water partition coefficient (Wildman–Crippen LogP) is -0.508. The van der Waals surface area contributed by atoms with Gasteiger partial charge in [0.15, 0.2) is 5.17 Å². The van der Waals surface area contributed by atoms with E-state index in [1.54, 1.807) is 0 Å². The second kappa shape index (κ2) is 8.01. The van der Waals surface area contributed by atoms with E-state index >= 15 is 0 Å². The summed E-state index contributed by atoms with van der Waals surface area (Å²) in [6.45, 7) is 0. The summed E-state index contributed by atoms with van der Waals surface area (Å²) < 4.78 is 0. The molecule has 1 aliphatic heterocycles. The number of non-ortho nitro benzene ring substituents is 1. The van der Waals surface area contributed by atoms with Crippen molar-refractivity contribution in [2.75, 3.05) is 5.75 Å². The number of hydrogen-bond donors (Lipinski definition) is 3. The number of thioether (sulfide) groups is 1. The quantitative estimate of drug-likeness (QED) is 0.368. The molecule has 0 saturated heterocycles. The smallest absolute Gasteiger partial charge is 0.270 e. The van der Waals surface area contributed by atoms with Gasteiger partial charge in [-0.25, -0.2) is 0 Å². The molecule has 12 heteroatoms. The highest BCUT2D eigenvalue weighted by molar-refractivity contribution is 8.14. The Kier molecular flexibility index (Phi) is 5.79. The zero-order chi connectivity index (χ0) is 18.4. The first-order valence-corrected chi connectivity index (χ1v) is 7.71. The molecule has 2 rings (SSSR count). The van der Waals surface area contributed by atoms with Crippen LogP contribution >= 0.6 is 11.8 Å². The van der Waals surface area contributed by atoms with Crippen LogP contribution in [0.3, 0.4) is 0 Å². The van der Waals surface area contributed by atoms with Gasteiger partial charge in [0.2, 0.25) is 11.8 Å². The molecule has 1 heterocycles. The van der Waals surface area contributed by atoms with Gasteiger partial charge in [-0.1, -0.05) is 17.8 Å². The Labute approximate surface area is 144 Å². The Morgan fingerprint density at radius 1 is 1.32 bits per heavy atom. The third-order valence-electron chi connectivity index (χ3n) is 2.76. The van der Waals surface area contributed by atoms with Gasteiger partial charge in [-0.2, -0.15) is 4.99 Å². The average molecular weight is 365 g/mol. The molecule has 0 unspecified atom stereocenters.